The number of hydrogen-bond donors (Lipinski definition) is 3. The van der Waals surface area contributed by atoms with Gasteiger partial charge in [-0.1, -0.05) is 11.6 Å². The van der Waals surface area contributed by atoms with E-state index in [4.69, 9.17) is 35.9 Å². The molecular formula is C22H30ClN4O8P. The van der Waals surface area contributed by atoms with Gasteiger partial charge in [-0.2, -0.15) is 10.1 Å². The molecule has 0 aliphatic carbocycles. The Morgan fingerprint density at radius 3 is 2.64 bits per heavy atom. The van der Waals surface area contributed by atoms with Crippen LogP contribution in [0.4, 0.5) is 5.82 Å². The molecule has 1 aromatic heterocycles. The van der Waals surface area contributed by atoms with Gasteiger partial charge >= 0.3 is 19.4 Å². The van der Waals surface area contributed by atoms with Crippen molar-refractivity contribution >= 4 is 31.1 Å². The number of hydrogen-bond acceptors (Lipinski definition) is 10. The lowest BCUT2D eigenvalue weighted by Crippen LogP contribution is -2.38. The third-order valence-electron chi connectivity index (χ3n) is 5.13. The summed E-state index contributed by atoms with van der Waals surface area (Å²) in [6.45, 7) is 6.03. The molecule has 0 saturated carbocycles. The van der Waals surface area contributed by atoms with E-state index in [2.05, 4.69) is 10.1 Å². The number of halogens is 1. The fourth-order valence-corrected chi connectivity index (χ4v) is 5.18. The first kappa shape index (κ1) is 28.1. The lowest BCUT2D eigenvalue weighted by atomic mass is 10.0. The van der Waals surface area contributed by atoms with Gasteiger partial charge in [-0.25, -0.2) is 9.36 Å². The van der Waals surface area contributed by atoms with Gasteiger partial charge in [0.2, 0.25) is 0 Å². The standard InChI is InChI=1S/C22H30ClN4O8P/c1-13(2)33-19(28)14(3)26-36(31,35-16-7-5-15(23)6-8-16)32-12-17-11-22(4,30)20(34-17)27-10-9-18(24)25-21(27)29/h5-10,13-14,17,20,30H,11-12H2,1-4H3,(H,26,31)(H2,24,25,29)/t14-,17-,20?,22+,36?/m0/s1. The monoisotopic (exact) mass is 544 g/mol. The predicted molar refractivity (Wildman–Crippen MR) is 132 cm³/mol. The van der Waals surface area contributed by atoms with E-state index < -0.39 is 43.4 Å². The summed E-state index contributed by atoms with van der Waals surface area (Å²) in [6, 6.07) is 6.43. The first-order chi connectivity index (χ1) is 16.8. The second kappa shape index (κ2) is 11.3. The highest BCUT2D eigenvalue weighted by Crippen LogP contribution is 2.47. The van der Waals surface area contributed by atoms with E-state index in [0.717, 1.165) is 4.57 Å². The normalized spacial score (nSPS) is 24.3. The maximum atomic E-state index is 13.6. The third-order valence-corrected chi connectivity index (χ3v) is 7.02. The van der Waals surface area contributed by atoms with Gasteiger partial charge in [-0.15, -0.1) is 0 Å². The number of nitrogen functional groups attached to an aromatic ring is 1. The van der Waals surface area contributed by atoms with Crippen LogP contribution in [0.2, 0.25) is 5.02 Å². The van der Waals surface area contributed by atoms with Gasteiger partial charge < -0.3 is 24.8 Å². The first-order valence-electron chi connectivity index (χ1n) is 11.2. The van der Waals surface area contributed by atoms with Crippen molar-refractivity contribution in [3.8, 4) is 5.75 Å². The van der Waals surface area contributed by atoms with Gasteiger partial charge in [-0.05, 0) is 58.0 Å². The minimum absolute atomic E-state index is 0.0326. The topological polar surface area (TPSA) is 164 Å². The van der Waals surface area contributed by atoms with E-state index in [0.29, 0.717) is 5.02 Å². The van der Waals surface area contributed by atoms with Gasteiger partial charge in [0.25, 0.3) is 0 Å². The molecule has 2 aromatic rings. The van der Waals surface area contributed by atoms with Gasteiger partial charge in [-0.3, -0.25) is 13.9 Å². The van der Waals surface area contributed by atoms with Crippen molar-refractivity contribution in [1.29, 1.82) is 0 Å². The molecule has 0 bridgehead atoms. The van der Waals surface area contributed by atoms with Gasteiger partial charge in [0.05, 0.1) is 18.8 Å². The molecule has 0 radical (unpaired) electrons. The average Bonchev–Trinajstić information content (AvgIpc) is 3.07. The number of ether oxygens (including phenoxy) is 2. The lowest BCUT2D eigenvalue weighted by molar-refractivity contribution is -0.149. The molecule has 2 unspecified atom stereocenters. The second-order valence-electron chi connectivity index (χ2n) is 8.89. The van der Waals surface area contributed by atoms with Crippen LogP contribution in [0.15, 0.2) is 41.3 Å². The van der Waals surface area contributed by atoms with Crippen LogP contribution in [0.3, 0.4) is 0 Å². The Hall–Kier alpha value is -2.47. The van der Waals surface area contributed by atoms with Crippen molar-refractivity contribution in [2.45, 2.75) is 64.2 Å². The third kappa shape index (κ3) is 7.28. The zero-order chi connectivity index (χ0) is 26.7. The number of nitrogens with zero attached hydrogens (tertiary/aromatic N) is 2. The SMILES string of the molecule is CC(C)OC(=O)[C@H](C)NP(=O)(OC[C@@H]1C[C@@](C)(O)C(n2ccc(N)nc2=O)O1)Oc1ccc(Cl)cc1. The molecule has 36 heavy (non-hydrogen) atoms. The smallest absolute Gasteiger partial charge is 0.459 e. The lowest BCUT2D eigenvalue weighted by Gasteiger charge is -2.25. The van der Waals surface area contributed by atoms with Crippen LogP contribution in [0.1, 0.15) is 40.3 Å². The number of benzene rings is 1. The molecule has 1 aliphatic rings. The summed E-state index contributed by atoms with van der Waals surface area (Å²) in [6.07, 6.45) is -0.838. The second-order valence-corrected chi connectivity index (χ2v) is 11.0. The van der Waals surface area contributed by atoms with E-state index in [-0.39, 0.29) is 30.7 Å². The van der Waals surface area contributed by atoms with Gasteiger partial charge in [0, 0.05) is 17.6 Å². The van der Waals surface area contributed by atoms with Crippen molar-refractivity contribution in [1.82, 2.24) is 14.6 Å². The summed E-state index contributed by atoms with van der Waals surface area (Å²) in [5.74, 6) is -0.439. The van der Waals surface area contributed by atoms with E-state index in [1.54, 1.807) is 13.8 Å². The first-order valence-corrected chi connectivity index (χ1v) is 13.1. The molecule has 198 valence electrons. The predicted octanol–water partition coefficient (Wildman–Crippen LogP) is 2.65. The van der Waals surface area contributed by atoms with Crippen LogP contribution in [-0.4, -0.2) is 51.1 Å². The fourth-order valence-electron chi connectivity index (χ4n) is 3.54. The largest absolute Gasteiger partial charge is 0.462 e. The summed E-state index contributed by atoms with van der Waals surface area (Å²) in [5.41, 5.74) is 3.37. The zero-order valence-corrected chi connectivity index (χ0v) is 21.9. The summed E-state index contributed by atoms with van der Waals surface area (Å²) < 4.78 is 37.0. The molecule has 1 aliphatic heterocycles. The van der Waals surface area contributed by atoms with Crippen LogP contribution in [0.5, 0.6) is 5.75 Å². The molecular weight excluding hydrogens is 515 g/mol. The zero-order valence-electron chi connectivity index (χ0n) is 20.3. The fraction of sp³-hybridized carbons (Fsp3) is 0.500. The minimum Gasteiger partial charge on any atom is -0.462 e. The Morgan fingerprint density at radius 1 is 1.36 bits per heavy atom. The van der Waals surface area contributed by atoms with Crippen molar-refractivity contribution < 1.29 is 33.0 Å². The molecule has 3 rings (SSSR count). The van der Waals surface area contributed by atoms with Crippen LogP contribution in [0.25, 0.3) is 0 Å². The number of anilines is 1. The molecule has 2 heterocycles. The highest BCUT2D eigenvalue weighted by Gasteiger charge is 2.46. The Morgan fingerprint density at radius 2 is 2.03 bits per heavy atom. The van der Waals surface area contributed by atoms with E-state index in [1.807, 2.05) is 0 Å². The quantitative estimate of drug-likeness (QED) is 0.297. The summed E-state index contributed by atoms with van der Waals surface area (Å²) in [4.78, 5) is 28.2. The maximum absolute atomic E-state index is 13.6. The van der Waals surface area contributed by atoms with E-state index in [1.165, 1.54) is 50.4 Å². The van der Waals surface area contributed by atoms with Crippen LogP contribution in [0, 0.1) is 0 Å². The highest BCUT2D eigenvalue weighted by atomic mass is 35.5. The van der Waals surface area contributed by atoms with Crippen LogP contribution in [-0.2, 0) is 23.4 Å². The molecule has 1 saturated heterocycles. The molecule has 12 nitrogen and oxygen atoms in total. The van der Waals surface area contributed by atoms with E-state index >= 15 is 0 Å². The highest BCUT2D eigenvalue weighted by molar-refractivity contribution is 7.52. The minimum atomic E-state index is -4.16. The van der Waals surface area contributed by atoms with Crippen molar-refractivity contribution in [2.24, 2.45) is 0 Å². The Labute approximate surface area is 213 Å². The molecule has 4 N–H and O–H groups in total. The number of nitrogens with two attached hydrogens (primary N) is 1. The number of aromatic nitrogens is 2. The average molecular weight is 545 g/mol. The van der Waals surface area contributed by atoms with Crippen molar-refractivity contribution in [2.75, 3.05) is 12.3 Å². The van der Waals surface area contributed by atoms with Gasteiger partial charge in [0.15, 0.2) is 6.23 Å². The molecule has 5 atom stereocenters. The molecule has 1 aromatic carbocycles. The van der Waals surface area contributed by atoms with Crippen molar-refractivity contribution in [3.63, 3.8) is 0 Å². The molecule has 0 amide bonds. The molecule has 14 heteroatoms. The van der Waals surface area contributed by atoms with Crippen LogP contribution >= 0.6 is 19.3 Å². The molecule has 0 spiro atoms. The Kier molecular flexibility index (Phi) is 8.81. The number of carbonyl (C=O) groups excluding carboxylic acids is 1. The number of esters is 1. The van der Waals surface area contributed by atoms with Gasteiger partial charge in [0.1, 0.15) is 23.2 Å². The van der Waals surface area contributed by atoms with Crippen LogP contribution < -0.4 is 21.0 Å². The van der Waals surface area contributed by atoms with Crippen molar-refractivity contribution in [3.05, 3.63) is 52.0 Å². The summed E-state index contributed by atoms with van der Waals surface area (Å²) in [5, 5.41) is 13.9. The molecule has 1 fully saturated rings. The summed E-state index contributed by atoms with van der Waals surface area (Å²) in [7, 11) is -4.16. The maximum Gasteiger partial charge on any atom is 0.459 e. The number of rotatable bonds is 10. The number of nitrogens with one attached hydrogen (secondary N) is 1. The summed E-state index contributed by atoms with van der Waals surface area (Å²) >= 11 is 5.91. The Balaban J connectivity index is 1.76. The number of aliphatic hydroxyl groups is 1. The number of carbonyl (C=O) groups is 1. The Bertz CT molecular complexity index is 1170. The van der Waals surface area contributed by atoms with E-state index in [9.17, 15) is 19.3 Å².